The number of hydrogen-bond acceptors (Lipinski definition) is 4. The molecule has 1 atom stereocenters. The van der Waals surface area contributed by atoms with Gasteiger partial charge in [-0.2, -0.15) is 0 Å². The molecule has 0 bridgehead atoms. The summed E-state index contributed by atoms with van der Waals surface area (Å²) in [5.41, 5.74) is 2.80. The van der Waals surface area contributed by atoms with Crippen LogP contribution in [-0.4, -0.2) is 24.8 Å². The molecule has 0 radical (unpaired) electrons. The van der Waals surface area contributed by atoms with Gasteiger partial charge in [-0.15, -0.1) is 11.8 Å². The van der Waals surface area contributed by atoms with Crippen molar-refractivity contribution in [2.75, 3.05) is 28.4 Å². The van der Waals surface area contributed by atoms with Gasteiger partial charge in [0.2, 0.25) is 5.91 Å². The molecule has 1 fully saturated rings. The van der Waals surface area contributed by atoms with Crippen LogP contribution in [0, 0.1) is 18.6 Å². The Kier molecular flexibility index (Phi) is 6.50. The summed E-state index contributed by atoms with van der Waals surface area (Å²) < 4.78 is 32.4. The van der Waals surface area contributed by atoms with Gasteiger partial charge in [-0.25, -0.2) is 13.6 Å². The number of ether oxygens (including phenoxy) is 1. The number of rotatable bonds is 5. The SMILES string of the molecule is COc1ccc(C)cc1N1C(=O)CSC1c1cccc(NC(=O)Nc2ccc(F)cc2F)c1. The average molecular weight is 470 g/mol. The van der Waals surface area contributed by atoms with Crippen molar-refractivity contribution in [3.8, 4) is 5.75 Å². The number of thioether (sulfide) groups is 1. The van der Waals surface area contributed by atoms with Crippen LogP contribution in [0.3, 0.4) is 0 Å². The number of carbonyl (C=O) groups is 2. The summed E-state index contributed by atoms with van der Waals surface area (Å²) in [4.78, 5) is 26.8. The maximum Gasteiger partial charge on any atom is 0.323 e. The Balaban J connectivity index is 1.56. The fourth-order valence-electron chi connectivity index (χ4n) is 3.56. The number of amides is 3. The molecule has 6 nitrogen and oxygen atoms in total. The smallest absolute Gasteiger partial charge is 0.323 e. The van der Waals surface area contributed by atoms with Gasteiger partial charge in [-0.05, 0) is 54.4 Å². The highest BCUT2D eigenvalue weighted by Gasteiger charge is 2.35. The van der Waals surface area contributed by atoms with E-state index in [2.05, 4.69) is 10.6 Å². The summed E-state index contributed by atoms with van der Waals surface area (Å²) >= 11 is 1.47. The van der Waals surface area contributed by atoms with Crippen LogP contribution in [0.2, 0.25) is 0 Å². The minimum absolute atomic E-state index is 0.0446. The summed E-state index contributed by atoms with van der Waals surface area (Å²) in [6.45, 7) is 1.94. The lowest BCUT2D eigenvalue weighted by molar-refractivity contribution is -0.115. The molecule has 1 unspecified atom stereocenters. The van der Waals surface area contributed by atoms with Crippen LogP contribution in [0.25, 0.3) is 0 Å². The zero-order valence-corrected chi connectivity index (χ0v) is 18.7. The van der Waals surface area contributed by atoms with Gasteiger partial charge >= 0.3 is 6.03 Å². The Morgan fingerprint density at radius 1 is 1.09 bits per heavy atom. The first-order valence-electron chi connectivity index (χ1n) is 10.1. The summed E-state index contributed by atoms with van der Waals surface area (Å²) in [7, 11) is 1.56. The molecule has 0 spiro atoms. The minimum atomic E-state index is -0.873. The lowest BCUT2D eigenvalue weighted by Gasteiger charge is -2.26. The third-order valence-corrected chi connectivity index (χ3v) is 6.28. The highest BCUT2D eigenvalue weighted by molar-refractivity contribution is 8.00. The van der Waals surface area contributed by atoms with Gasteiger partial charge in [-0.1, -0.05) is 18.2 Å². The predicted octanol–water partition coefficient (Wildman–Crippen LogP) is 5.70. The van der Waals surface area contributed by atoms with Crippen LogP contribution >= 0.6 is 11.8 Å². The number of hydrogen-bond donors (Lipinski definition) is 2. The minimum Gasteiger partial charge on any atom is -0.495 e. The Morgan fingerprint density at radius 3 is 2.67 bits per heavy atom. The predicted molar refractivity (Wildman–Crippen MR) is 126 cm³/mol. The van der Waals surface area contributed by atoms with Crippen molar-refractivity contribution in [3.05, 3.63) is 83.4 Å². The van der Waals surface area contributed by atoms with Crippen molar-refractivity contribution in [3.63, 3.8) is 0 Å². The van der Waals surface area contributed by atoms with E-state index >= 15 is 0 Å². The first-order valence-corrected chi connectivity index (χ1v) is 11.1. The fraction of sp³-hybridized carbons (Fsp3) is 0.167. The van der Waals surface area contributed by atoms with E-state index in [9.17, 15) is 18.4 Å². The van der Waals surface area contributed by atoms with Crippen LogP contribution in [0.5, 0.6) is 5.75 Å². The van der Waals surface area contributed by atoms with Crippen LogP contribution in [0.15, 0.2) is 60.7 Å². The summed E-state index contributed by atoms with van der Waals surface area (Å²) in [5.74, 6) is -0.746. The van der Waals surface area contributed by atoms with E-state index < -0.39 is 17.7 Å². The molecule has 170 valence electrons. The molecular weight excluding hydrogens is 448 g/mol. The number of anilines is 3. The van der Waals surface area contributed by atoms with Crippen molar-refractivity contribution < 1.29 is 23.1 Å². The van der Waals surface area contributed by atoms with E-state index in [1.165, 1.54) is 11.8 Å². The highest BCUT2D eigenvalue weighted by atomic mass is 32.2. The normalized spacial score (nSPS) is 15.5. The van der Waals surface area contributed by atoms with Crippen molar-refractivity contribution >= 4 is 40.8 Å². The van der Waals surface area contributed by atoms with Crippen molar-refractivity contribution in [2.45, 2.75) is 12.3 Å². The number of benzene rings is 3. The standard InChI is InChI=1S/C24H21F2N3O3S/c1-14-6-9-21(32-2)20(10-14)29-22(30)13-33-23(29)15-4-3-5-17(11-15)27-24(31)28-19-8-7-16(25)12-18(19)26/h3-12,23H,13H2,1-2H3,(H2,27,28,31). The Hall–Kier alpha value is -3.59. The molecule has 0 saturated carbocycles. The molecule has 4 rings (SSSR count). The van der Waals surface area contributed by atoms with E-state index in [0.29, 0.717) is 28.9 Å². The lowest BCUT2D eigenvalue weighted by Crippen LogP contribution is -2.28. The maximum absolute atomic E-state index is 13.8. The molecule has 0 aromatic heterocycles. The quantitative estimate of drug-likeness (QED) is 0.503. The second-order valence-electron chi connectivity index (χ2n) is 7.43. The molecule has 1 aliphatic heterocycles. The second-order valence-corrected chi connectivity index (χ2v) is 8.50. The maximum atomic E-state index is 13.8. The highest BCUT2D eigenvalue weighted by Crippen LogP contribution is 2.45. The number of nitrogens with one attached hydrogen (secondary N) is 2. The summed E-state index contributed by atoms with van der Waals surface area (Å²) in [6.07, 6.45) is 0. The number of methoxy groups -OCH3 is 1. The van der Waals surface area contributed by atoms with Gasteiger partial charge in [0, 0.05) is 11.8 Å². The molecule has 1 heterocycles. The van der Waals surface area contributed by atoms with Crippen molar-refractivity contribution in [1.29, 1.82) is 0 Å². The largest absolute Gasteiger partial charge is 0.495 e. The molecule has 2 N–H and O–H groups in total. The van der Waals surface area contributed by atoms with Gasteiger partial charge in [-0.3, -0.25) is 9.69 Å². The number of aryl methyl sites for hydroxylation is 1. The molecule has 0 aliphatic carbocycles. The first kappa shape index (κ1) is 22.6. The topological polar surface area (TPSA) is 70.7 Å². The second kappa shape index (κ2) is 9.50. The number of urea groups is 1. The van der Waals surface area contributed by atoms with Gasteiger partial charge in [0.05, 0.1) is 24.2 Å². The zero-order valence-electron chi connectivity index (χ0n) is 17.9. The molecule has 3 aromatic carbocycles. The molecule has 1 aliphatic rings. The van der Waals surface area contributed by atoms with E-state index in [-0.39, 0.29) is 17.0 Å². The fourth-order valence-corrected chi connectivity index (χ4v) is 4.72. The zero-order chi connectivity index (χ0) is 23.5. The average Bonchev–Trinajstić information content (AvgIpc) is 3.17. The van der Waals surface area contributed by atoms with Crippen LogP contribution < -0.4 is 20.3 Å². The molecule has 33 heavy (non-hydrogen) atoms. The Bertz CT molecular complexity index is 1220. The van der Waals surface area contributed by atoms with Gasteiger partial charge < -0.3 is 15.4 Å². The van der Waals surface area contributed by atoms with E-state index in [0.717, 1.165) is 23.3 Å². The van der Waals surface area contributed by atoms with Crippen molar-refractivity contribution in [2.24, 2.45) is 0 Å². The molecule has 1 saturated heterocycles. The number of carbonyl (C=O) groups excluding carboxylic acids is 2. The third-order valence-electron chi connectivity index (χ3n) is 5.07. The van der Waals surface area contributed by atoms with Gasteiger partial charge in [0.25, 0.3) is 0 Å². The van der Waals surface area contributed by atoms with Crippen LogP contribution in [0.1, 0.15) is 16.5 Å². The first-order chi connectivity index (χ1) is 15.9. The Labute approximate surface area is 193 Å². The van der Waals surface area contributed by atoms with E-state index in [1.807, 2.05) is 31.2 Å². The number of halogens is 2. The summed E-state index contributed by atoms with van der Waals surface area (Å²) in [6, 6.07) is 14.9. The van der Waals surface area contributed by atoms with Crippen molar-refractivity contribution in [1.82, 2.24) is 0 Å². The van der Waals surface area contributed by atoms with Crippen LogP contribution in [-0.2, 0) is 4.79 Å². The summed E-state index contributed by atoms with van der Waals surface area (Å²) in [5, 5.41) is 4.69. The van der Waals surface area contributed by atoms with E-state index in [1.54, 1.807) is 30.2 Å². The molecular formula is C24H21F2N3O3S. The third kappa shape index (κ3) is 4.93. The monoisotopic (exact) mass is 469 g/mol. The number of nitrogens with zero attached hydrogens (tertiary/aromatic N) is 1. The van der Waals surface area contributed by atoms with Gasteiger partial charge in [0.1, 0.15) is 22.8 Å². The van der Waals surface area contributed by atoms with Gasteiger partial charge in [0.15, 0.2) is 0 Å². The molecule has 3 amide bonds. The lowest BCUT2D eigenvalue weighted by atomic mass is 10.1. The Morgan fingerprint density at radius 2 is 1.91 bits per heavy atom. The molecule has 9 heteroatoms. The van der Waals surface area contributed by atoms with Crippen LogP contribution in [0.4, 0.5) is 30.6 Å². The molecule has 3 aromatic rings. The van der Waals surface area contributed by atoms with E-state index in [4.69, 9.17) is 4.74 Å².